The maximum atomic E-state index is 15.0. The van der Waals surface area contributed by atoms with Crippen molar-refractivity contribution >= 4 is 53.2 Å². The van der Waals surface area contributed by atoms with Gasteiger partial charge in [-0.2, -0.15) is 5.26 Å². The third-order valence-electron chi connectivity index (χ3n) is 9.24. The molecule has 3 atom stereocenters. The van der Waals surface area contributed by atoms with E-state index in [9.17, 15) is 14.4 Å². The second-order valence-electron chi connectivity index (χ2n) is 12.8. The van der Waals surface area contributed by atoms with Crippen molar-refractivity contribution in [2.24, 2.45) is 10.4 Å². The third-order valence-corrected chi connectivity index (χ3v) is 10.9. The number of aliphatic imine (C=N–C) groups is 1. The number of carbonyl (C=O) groups is 1. The number of hydrogen-bond acceptors (Lipinski definition) is 11. The molecule has 4 N–H and O–H groups in total. The van der Waals surface area contributed by atoms with Crippen LogP contribution < -0.4 is 16.4 Å². The highest BCUT2D eigenvalue weighted by Crippen LogP contribution is 2.50. The summed E-state index contributed by atoms with van der Waals surface area (Å²) >= 11 is 1.04. The zero-order chi connectivity index (χ0) is 31.6. The molecule has 5 heterocycles. The molecule has 11 nitrogen and oxygen atoms in total. The number of amides is 1. The number of likely N-dealkylation sites (tertiary alicyclic amines) is 1. The Morgan fingerprint density at radius 2 is 2.16 bits per heavy atom. The lowest BCUT2D eigenvalue weighted by atomic mass is 9.82. The Morgan fingerprint density at radius 1 is 1.38 bits per heavy atom. The molecular formula is C31H36FN8O3PS. The number of amidine groups is 1. The highest BCUT2D eigenvalue weighted by atomic mass is 32.1. The van der Waals surface area contributed by atoms with Gasteiger partial charge < -0.3 is 30.3 Å². The van der Waals surface area contributed by atoms with Crippen LogP contribution in [0.5, 0.6) is 0 Å². The number of piperidine rings is 1. The Kier molecular flexibility index (Phi) is 7.60. The van der Waals surface area contributed by atoms with Gasteiger partial charge in [0, 0.05) is 42.1 Å². The zero-order valence-corrected chi connectivity index (χ0v) is 27.5. The second kappa shape index (κ2) is 11.4. The monoisotopic (exact) mass is 650 g/mol. The van der Waals surface area contributed by atoms with Crippen LogP contribution in [0.2, 0.25) is 0 Å². The average molecular weight is 651 g/mol. The van der Waals surface area contributed by atoms with Gasteiger partial charge in [-0.25, -0.2) is 9.38 Å². The Morgan fingerprint density at radius 3 is 2.89 bits per heavy atom. The maximum absolute atomic E-state index is 15.0. The molecule has 2 aromatic rings. The topological polar surface area (TPSA) is 141 Å². The summed E-state index contributed by atoms with van der Waals surface area (Å²) in [5, 5.41) is 18.3. The Labute approximate surface area is 267 Å². The number of rotatable bonds is 7. The molecule has 0 aromatic carbocycles. The quantitative estimate of drug-likeness (QED) is 0.386. The van der Waals surface area contributed by atoms with E-state index in [1.807, 2.05) is 7.05 Å². The number of aromatic nitrogens is 1. The van der Waals surface area contributed by atoms with Gasteiger partial charge in [-0.1, -0.05) is 0 Å². The van der Waals surface area contributed by atoms with Crippen LogP contribution in [0.1, 0.15) is 36.9 Å². The molecule has 2 aromatic heterocycles. The van der Waals surface area contributed by atoms with Crippen molar-refractivity contribution in [1.29, 1.82) is 5.26 Å². The van der Waals surface area contributed by atoms with E-state index in [-0.39, 0.29) is 26.6 Å². The van der Waals surface area contributed by atoms with Gasteiger partial charge in [0.05, 0.1) is 42.0 Å². The number of likely N-dealkylation sites (N-methyl/N-ethyl adjacent to an activating group) is 1. The van der Waals surface area contributed by atoms with Crippen LogP contribution in [-0.2, 0) is 14.3 Å². The fraction of sp³-hybridized carbons (Fsp3) is 0.484. The molecular weight excluding hydrogens is 614 g/mol. The molecule has 1 amide bonds. The summed E-state index contributed by atoms with van der Waals surface area (Å²) in [6.45, 7) is 2.79. The Bertz CT molecular complexity index is 1790. The number of thiophene rings is 1. The number of pyridine rings is 1. The summed E-state index contributed by atoms with van der Waals surface area (Å²) in [5.41, 5.74) is 10.4. The third kappa shape index (κ3) is 5.18. The molecule has 1 saturated heterocycles. The lowest BCUT2D eigenvalue weighted by Gasteiger charge is -2.37. The van der Waals surface area contributed by atoms with Gasteiger partial charge in [-0.05, 0) is 56.2 Å². The molecule has 0 spiro atoms. The highest BCUT2D eigenvalue weighted by molar-refractivity contribution is 7.23. The van der Waals surface area contributed by atoms with Crippen LogP contribution in [-0.4, -0.2) is 92.8 Å². The van der Waals surface area contributed by atoms with Crippen LogP contribution in [0.3, 0.4) is 0 Å². The molecule has 0 radical (unpaired) electrons. The van der Waals surface area contributed by atoms with Crippen molar-refractivity contribution in [2.45, 2.75) is 37.8 Å². The molecule has 0 bridgehead atoms. The van der Waals surface area contributed by atoms with E-state index < -0.39 is 17.9 Å². The molecule has 236 valence electrons. The number of carbonyl (C=O) groups excluding carboxylic acids is 1. The molecule has 2 aliphatic carbocycles. The molecule has 5 aliphatic rings. The Balaban J connectivity index is 1.35. The minimum atomic E-state index is -0.526. The van der Waals surface area contributed by atoms with E-state index in [4.69, 9.17) is 20.2 Å². The van der Waals surface area contributed by atoms with Crippen molar-refractivity contribution in [3.8, 4) is 6.07 Å². The molecule has 2 fully saturated rings. The largest absolute Gasteiger partial charge is 0.464 e. The minimum absolute atomic E-state index is 0.0348. The number of fused-ring (bicyclic) bond motifs is 3. The maximum Gasteiger partial charge on any atom is 0.291 e. The van der Waals surface area contributed by atoms with Crippen molar-refractivity contribution in [3.63, 3.8) is 0 Å². The first kappa shape index (κ1) is 30.1. The lowest BCUT2D eigenvalue weighted by molar-refractivity contribution is -0.134. The number of nitrogens with two attached hydrogens (primary N) is 1. The van der Waals surface area contributed by atoms with Gasteiger partial charge in [0.15, 0.2) is 5.82 Å². The van der Waals surface area contributed by atoms with Crippen molar-refractivity contribution in [2.75, 3.05) is 59.8 Å². The summed E-state index contributed by atoms with van der Waals surface area (Å²) in [4.78, 5) is 26.7. The van der Waals surface area contributed by atoms with E-state index in [0.717, 1.165) is 71.3 Å². The first-order chi connectivity index (χ1) is 21.6. The number of nitrogens with one attached hydrogen (secondary N) is 2. The van der Waals surface area contributed by atoms with E-state index in [1.54, 1.807) is 4.90 Å². The zero-order valence-electron chi connectivity index (χ0n) is 25.5. The van der Waals surface area contributed by atoms with Crippen molar-refractivity contribution < 1.29 is 18.7 Å². The number of nitriles is 1. The van der Waals surface area contributed by atoms with Gasteiger partial charge in [-0.3, -0.25) is 15.1 Å². The summed E-state index contributed by atoms with van der Waals surface area (Å²) in [7, 11) is 8.78. The second-order valence-corrected chi connectivity index (χ2v) is 14.4. The summed E-state index contributed by atoms with van der Waals surface area (Å²) in [6.07, 6.45) is 4.95. The van der Waals surface area contributed by atoms with Crippen LogP contribution in [0.4, 0.5) is 9.39 Å². The standard InChI is InChI=1S/C31H36FN8O3PS/c1-39(2)13-31(6-7-31)14-43-30-37-24-22(28(38-30)36-19-5-4-8-40(3)29(19)41)17-12-42-11-16(17)20(25(24)44)23-21-15(9-33)27(34)45-26(21)18(32)10-35-23/h10,19,24,36H,4-8,11-14,34,44H2,1-3H3,(H,37,38). The average Bonchev–Trinajstić information content (AvgIpc) is 3.42. The van der Waals surface area contributed by atoms with Gasteiger partial charge in [0.25, 0.3) is 6.02 Å². The molecule has 3 aliphatic heterocycles. The molecule has 14 heteroatoms. The fourth-order valence-electron chi connectivity index (χ4n) is 6.88. The number of nitrogens with zero attached hydrogens (tertiary/aromatic N) is 5. The number of ether oxygens (including phenoxy) is 2. The smallest absolute Gasteiger partial charge is 0.291 e. The van der Waals surface area contributed by atoms with Crippen LogP contribution >= 0.6 is 20.6 Å². The first-order valence-corrected chi connectivity index (χ1v) is 16.5. The van der Waals surface area contributed by atoms with Crippen LogP contribution in [0, 0.1) is 22.6 Å². The minimum Gasteiger partial charge on any atom is -0.464 e. The number of nitrogen functional groups attached to an aromatic ring is 1. The van der Waals surface area contributed by atoms with E-state index in [0.29, 0.717) is 49.2 Å². The Hall–Kier alpha value is -3.56. The van der Waals surface area contributed by atoms with Crippen LogP contribution in [0.25, 0.3) is 15.7 Å². The molecule has 3 unspecified atom stereocenters. The van der Waals surface area contributed by atoms with Crippen molar-refractivity contribution in [3.05, 3.63) is 51.1 Å². The van der Waals surface area contributed by atoms with Gasteiger partial charge >= 0.3 is 0 Å². The first-order valence-electron chi connectivity index (χ1n) is 15.1. The number of halogens is 1. The molecule has 7 rings (SSSR count). The fourth-order valence-corrected chi connectivity index (χ4v) is 8.35. The SMILES string of the molecule is CN(C)CC1(COC2=NC3C(P)=C(c4ncc(F)c5sc(N)c(C#N)c45)C4=C(COC4)C3=C(NC3CCCN(C)C3=O)N2)CC1. The normalized spacial score (nSPS) is 24.1. The van der Waals surface area contributed by atoms with E-state index in [2.05, 4.69) is 49.9 Å². The summed E-state index contributed by atoms with van der Waals surface area (Å²) in [5.74, 6) is 0.178. The predicted molar refractivity (Wildman–Crippen MR) is 175 cm³/mol. The van der Waals surface area contributed by atoms with Crippen molar-refractivity contribution in [1.82, 2.24) is 25.4 Å². The predicted octanol–water partition coefficient (Wildman–Crippen LogP) is 2.92. The summed E-state index contributed by atoms with van der Waals surface area (Å²) in [6, 6.07) is 1.60. The highest BCUT2D eigenvalue weighted by Gasteiger charge is 2.45. The van der Waals surface area contributed by atoms with Gasteiger partial charge in [0.1, 0.15) is 29.0 Å². The van der Waals surface area contributed by atoms with Gasteiger partial charge in [0.2, 0.25) is 5.91 Å². The van der Waals surface area contributed by atoms with E-state index >= 15 is 0 Å². The van der Waals surface area contributed by atoms with E-state index in [1.165, 1.54) is 6.20 Å². The molecule has 45 heavy (non-hydrogen) atoms. The summed E-state index contributed by atoms with van der Waals surface area (Å²) < 4.78 is 27.7. The number of hydrogen-bond donors (Lipinski definition) is 3. The lowest BCUT2D eigenvalue weighted by Crippen LogP contribution is -2.52. The number of anilines is 1. The van der Waals surface area contributed by atoms with Crippen LogP contribution in [0.15, 0.2) is 39.0 Å². The van der Waals surface area contributed by atoms with Gasteiger partial charge in [-0.15, -0.1) is 20.6 Å². The molecule has 1 saturated carbocycles.